The molecule has 0 unspecified atom stereocenters. The van der Waals surface area contributed by atoms with Crippen LogP contribution in [0.5, 0.6) is 17.2 Å². The predicted molar refractivity (Wildman–Crippen MR) is 123 cm³/mol. The van der Waals surface area contributed by atoms with Crippen LogP contribution in [0.25, 0.3) is 0 Å². The Balaban J connectivity index is 2.11. The highest BCUT2D eigenvalue weighted by atomic mass is 16.5. The first kappa shape index (κ1) is 24.6. The highest BCUT2D eigenvalue weighted by Crippen LogP contribution is 2.36. The highest BCUT2D eigenvalue weighted by Gasteiger charge is 2.34. The van der Waals surface area contributed by atoms with E-state index in [4.69, 9.17) is 23.5 Å². The van der Waals surface area contributed by atoms with Crippen molar-refractivity contribution in [2.24, 2.45) is 0 Å². The van der Waals surface area contributed by atoms with E-state index in [0.29, 0.717) is 28.6 Å². The molecule has 3 aromatic rings. The van der Waals surface area contributed by atoms with Gasteiger partial charge in [-0.25, -0.2) is 4.79 Å². The molecule has 0 bridgehead atoms. The maximum absolute atomic E-state index is 13.6. The zero-order valence-electron chi connectivity index (χ0n) is 19.9. The maximum atomic E-state index is 13.6. The summed E-state index contributed by atoms with van der Waals surface area (Å²) in [5, 5.41) is 3.86. The molecule has 0 aliphatic carbocycles. The molecule has 9 heteroatoms. The largest absolute Gasteiger partial charge is 0.496 e. The summed E-state index contributed by atoms with van der Waals surface area (Å²) < 4.78 is 26.6. The Morgan fingerprint density at radius 1 is 0.971 bits per heavy atom. The fourth-order valence-electron chi connectivity index (χ4n) is 3.64. The molecule has 0 N–H and O–H groups in total. The lowest BCUT2D eigenvalue weighted by Crippen LogP contribution is -2.46. The Morgan fingerprint density at radius 3 is 2.12 bits per heavy atom. The van der Waals surface area contributed by atoms with Crippen LogP contribution >= 0.6 is 0 Å². The van der Waals surface area contributed by atoms with Crippen molar-refractivity contribution in [3.63, 3.8) is 0 Å². The molecule has 1 amide bonds. The molecule has 2 aromatic carbocycles. The Kier molecular flexibility index (Phi) is 8.13. The monoisotopic (exact) mass is 468 g/mol. The fourth-order valence-corrected chi connectivity index (χ4v) is 3.64. The molecule has 1 aromatic heterocycles. The van der Waals surface area contributed by atoms with Gasteiger partial charge in [-0.2, -0.15) is 0 Å². The van der Waals surface area contributed by atoms with Crippen LogP contribution in [0.1, 0.15) is 27.4 Å². The molecule has 0 radical (unpaired) electrons. The van der Waals surface area contributed by atoms with E-state index >= 15 is 0 Å². The van der Waals surface area contributed by atoms with E-state index in [1.807, 2.05) is 30.3 Å². The van der Waals surface area contributed by atoms with Crippen molar-refractivity contribution in [2.45, 2.75) is 25.9 Å². The van der Waals surface area contributed by atoms with Gasteiger partial charge in [0.1, 0.15) is 29.1 Å². The summed E-state index contributed by atoms with van der Waals surface area (Å²) in [4.78, 5) is 28.0. The van der Waals surface area contributed by atoms with Crippen LogP contribution in [0, 0.1) is 6.92 Å². The van der Waals surface area contributed by atoms with Crippen LogP contribution in [-0.4, -0.2) is 56.4 Å². The summed E-state index contributed by atoms with van der Waals surface area (Å²) in [5.74, 6) is 0.811. The molecule has 0 saturated carbocycles. The van der Waals surface area contributed by atoms with E-state index in [2.05, 4.69) is 5.16 Å². The van der Waals surface area contributed by atoms with Crippen LogP contribution < -0.4 is 14.2 Å². The third-order valence-corrected chi connectivity index (χ3v) is 5.37. The van der Waals surface area contributed by atoms with Crippen molar-refractivity contribution in [2.75, 3.05) is 28.4 Å². The number of nitrogens with zero attached hydrogens (tertiary/aromatic N) is 2. The van der Waals surface area contributed by atoms with Crippen molar-refractivity contribution in [1.29, 1.82) is 0 Å². The number of ether oxygens (including phenoxy) is 4. The van der Waals surface area contributed by atoms with Gasteiger partial charge in [0.25, 0.3) is 5.91 Å². The van der Waals surface area contributed by atoms with Gasteiger partial charge in [0.2, 0.25) is 0 Å². The maximum Gasteiger partial charge on any atom is 0.328 e. The van der Waals surface area contributed by atoms with E-state index in [1.54, 1.807) is 19.1 Å². The van der Waals surface area contributed by atoms with Crippen LogP contribution in [0.15, 0.2) is 53.1 Å². The van der Waals surface area contributed by atoms with Gasteiger partial charge in [0, 0.05) is 24.6 Å². The Bertz CT molecular complexity index is 1100. The Hall–Kier alpha value is -4.01. The number of amides is 1. The summed E-state index contributed by atoms with van der Waals surface area (Å²) in [6.45, 7) is 1.67. The number of aryl methyl sites for hydroxylation is 1. The third kappa shape index (κ3) is 5.48. The van der Waals surface area contributed by atoms with E-state index in [9.17, 15) is 9.59 Å². The fraction of sp³-hybridized carbons (Fsp3) is 0.320. The van der Waals surface area contributed by atoms with Crippen molar-refractivity contribution in [3.8, 4) is 17.2 Å². The normalized spacial score (nSPS) is 11.4. The number of hydrogen-bond donors (Lipinski definition) is 0. The number of hydrogen-bond acceptors (Lipinski definition) is 8. The lowest BCUT2D eigenvalue weighted by Gasteiger charge is -2.30. The zero-order chi connectivity index (χ0) is 24.7. The van der Waals surface area contributed by atoms with Gasteiger partial charge in [-0.3, -0.25) is 4.79 Å². The molecule has 1 atom stereocenters. The minimum Gasteiger partial charge on any atom is -0.496 e. The molecule has 34 heavy (non-hydrogen) atoms. The molecular formula is C25H28N2O7. The van der Waals surface area contributed by atoms with Gasteiger partial charge in [0.15, 0.2) is 5.69 Å². The molecule has 9 nitrogen and oxygen atoms in total. The van der Waals surface area contributed by atoms with Crippen LogP contribution in [0.4, 0.5) is 0 Å². The summed E-state index contributed by atoms with van der Waals surface area (Å²) in [7, 11) is 5.83. The van der Waals surface area contributed by atoms with Gasteiger partial charge >= 0.3 is 5.97 Å². The molecule has 0 aliphatic heterocycles. The number of carbonyl (C=O) groups excluding carboxylic acids is 2. The van der Waals surface area contributed by atoms with E-state index in [0.717, 1.165) is 5.56 Å². The third-order valence-electron chi connectivity index (χ3n) is 5.37. The first-order valence-electron chi connectivity index (χ1n) is 10.6. The number of aromatic nitrogens is 1. The predicted octanol–water partition coefficient (Wildman–Crippen LogP) is 3.44. The molecule has 3 rings (SSSR count). The summed E-state index contributed by atoms with van der Waals surface area (Å²) in [6, 6.07) is 13.3. The zero-order valence-corrected chi connectivity index (χ0v) is 19.9. The summed E-state index contributed by atoms with van der Waals surface area (Å²) >= 11 is 0. The lowest BCUT2D eigenvalue weighted by molar-refractivity contribution is -0.146. The molecule has 0 spiro atoms. The standard InChI is InChI=1S/C25H28N2O7/c1-16-11-20(26-34-16)24(28)27(21(25(29)33-5)12-17-9-7-6-8-10-17)15-19-22(31-3)13-18(30-2)14-23(19)32-4/h6-11,13-14,21H,12,15H2,1-5H3/t21-/m0/s1. The van der Waals surface area contributed by atoms with Crippen LogP contribution in [0.2, 0.25) is 0 Å². The second-order valence-electron chi connectivity index (χ2n) is 7.50. The van der Waals surface area contributed by atoms with Gasteiger partial charge in [0.05, 0.1) is 40.5 Å². The van der Waals surface area contributed by atoms with Gasteiger partial charge in [-0.05, 0) is 12.5 Å². The smallest absolute Gasteiger partial charge is 0.328 e. The van der Waals surface area contributed by atoms with E-state index < -0.39 is 17.9 Å². The minimum absolute atomic E-state index is 0.0202. The van der Waals surface area contributed by atoms with Gasteiger partial charge in [-0.15, -0.1) is 0 Å². The van der Waals surface area contributed by atoms with Crippen molar-refractivity contribution < 1.29 is 33.1 Å². The van der Waals surface area contributed by atoms with E-state index in [1.165, 1.54) is 39.4 Å². The SMILES string of the molecule is COC(=O)[C@H](Cc1ccccc1)N(Cc1c(OC)cc(OC)cc1OC)C(=O)c1cc(C)on1. The molecule has 1 heterocycles. The average molecular weight is 469 g/mol. The average Bonchev–Trinajstić information content (AvgIpc) is 3.31. The molecule has 0 saturated heterocycles. The topological polar surface area (TPSA) is 100 Å². The first-order chi connectivity index (χ1) is 16.4. The number of rotatable bonds is 10. The molecule has 0 aliphatic rings. The number of carbonyl (C=O) groups is 2. The molecular weight excluding hydrogens is 440 g/mol. The quantitative estimate of drug-likeness (QED) is 0.417. The van der Waals surface area contributed by atoms with Crippen LogP contribution in [0.3, 0.4) is 0 Å². The highest BCUT2D eigenvalue weighted by molar-refractivity contribution is 5.95. The molecule has 180 valence electrons. The lowest BCUT2D eigenvalue weighted by atomic mass is 10.0. The molecule has 0 fully saturated rings. The number of benzene rings is 2. The van der Waals surface area contributed by atoms with Crippen molar-refractivity contribution in [1.82, 2.24) is 10.1 Å². The second kappa shape index (κ2) is 11.2. The van der Waals surface area contributed by atoms with Gasteiger partial charge < -0.3 is 28.4 Å². The minimum atomic E-state index is -0.951. The van der Waals surface area contributed by atoms with Crippen LogP contribution in [-0.2, 0) is 22.5 Å². The second-order valence-corrected chi connectivity index (χ2v) is 7.50. The Morgan fingerprint density at radius 2 is 1.62 bits per heavy atom. The Labute approximate surface area is 198 Å². The summed E-state index contributed by atoms with van der Waals surface area (Å²) in [6.07, 6.45) is 0.233. The van der Waals surface area contributed by atoms with E-state index in [-0.39, 0.29) is 18.7 Å². The van der Waals surface area contributed by atoms with Crippen molar-refractivity contribution >= 4 is 11.9 Å². The van der Waals surface area contributed by atoms with Gasteiger partial charge in [-0.1, -0.05) is 35.5 Å². The summed E-state index contributed by atoms with van der Waals surface area (Å²) in [5.41, 5.74) is 1.49. The first-order valence-corrected chi connectivity index (χ1v) is 10.6. The van der Waals surface area contributed by atoms with Crippen molar-refractivity contribution in [3.05, 3.63) is 71.1 Å². The number of esters is 1. The number of methoxy groups -OCH3 is 4.